The number of rotatable bonds is 3. The molecule has 1 atom stereocenters. The predicted molar refractivity (Wildman–Crippen MR) is 82.4 cm³/mol. The lowest BCUT2D eigenvalue weighted by atomic mass is 10.1. The molecule has 0 saturated heterocycles. The van der Waals surface area contributed by atoms with E-state index in [1.165, 1.54) is 6.07 Å². The quantitative estimate of drug-likeness (QED) is 0.814. The third-order valence-electron chi connectivity index (χ3n) is 3.62. The van der Waals surface area contributed by atoms with Crippen LogP contribution in [0, 0.1) is 18.3 Å². The highest BCUT2D eigenvalue weighted by atomic mass is 79.9. The number of benzene rings is 1. The van der Waals surface area contributed by atoms with Crippen LogP contribution in [-0.2, 0) is 13.8 Å². The Morgan fingerprint density at radius 3 is 2.45 bits per heavy atom. The van der Waals surface area contributed by atoms with E-state index in [9.17, 15) is 13.2 Å². The second kappa shape index (κ2) is 5.00. The van der Waals surface area contributed by atoms with Gasteiger partial charge in [0.2, 0.25) is 5.91 Å². The number of anilines is 1. The lowest BCUT2D eigenvalue weighted by molar-refractivity contribution is -0.118. The van der Waals surface area contributed by atoms with Crippen LogP contribution in [0.25, 0.3) is 0 Å². The average Bonchev–Trinajstić information content (AvgIpc) is 2.91. The highest BCUT2D eigenvalue weighted by molar-refractivity contribution is 9.10. The van der Waals surface area contributed by atoms with Gasteiger partial charge in [-0.25, -0.2) is 8.42 Å². The zero-order valence-electron chi connectivity index (χ0n) is 11.3. The van der Waals surface area contributed by atoms with E-state index in [1.54, 1.807) is 13.0 Å². The van der Waals surface area contributed by atoms with Gasteiger partial charge in [0.15, 0.2) is 0 Å². The third-order valence-corrected chi connectivity index (χ3v) is 5.74. The van der Waals surface area contributed by atoms with Gasteiger partial charge in [-0.2, -0.15) is 0 Å². The van der Waals surface area contributed by atoms with Gasteiger partial charge in [0.1, 0.15) is 0 Å². The van der Waals surface area contributed by atoms with Gasteiger partial charge < -0.3 is 5.32 Å². The Labute approximate surface area is 131 Å². The van der Waals surface area contributed by atoms with Crippen LogP contribution in [0.2, 0.25) is 0 Å². The second-order valence-electron chi connectivity index (χ2n) is 5.77. The van der Waals surface area contributed by atoms with E-state index in [0.717, 1.165) is 6.42 Å². The molecule has 1 aromatic carbocycles. The molecule has 1 amide bonds. The molecule has 1 aliphatic carbocycles. The van der Waals surface area contributed by atoms with Crippen molar-refractivity contribution in [2.24, 2.45) is 11.3 Å². The van der Waals surface area contributed by atoms with Crippen molar-refractivity contribution >= 4 is 47.3 Å². The number of amides is 1. The summed E-state index contributed by atoms with van der Waals surface area (Å²) in [6, 6.07) is 3.01. The second-order valence-corrected chi connectivity index (χ2v) is 9.16. The number of hydrogen-bond donors (Lipinski definition) is 1. The van der Waals surface area contributed by atoms with Crippen LogP contribution in [0.5, 0.6) is 0 Å². The summed E-state index contributed by atoms with van der Waals surface area (Å²) in [4.78, 5) is 12.1. The van der Waals surface area contributed by atoms with Crippen LogP contribution in [0.15, 0.2) is 21.5 Å². The highest BCUT2D eigenvalue weighted by Gasteiger charge is 2.50. The Bertz CT molecular complexity index is 685. The van der Waals surface area contributed by atoms with Crippen molar-refractivity contribution in [1.82, 2.24) is 0 Å². The van der Waals surface area contributed by atoms with Gasteiger partial charge in [-0.15, -0.1) is 0 Å². The van der Waals surface area contributed by atoms with E-state index in [4.69, 9.17) is 10.7 Å². The molecule has 1 unspecified atom stereocenters. The largest absolute Gasteiger partial charge is 0.325 e. The Morgan fingerprint density at radius 1 is 1.45 bits per heavy atom. The highest BCUT2D eigenvalue weighted by Crippen LogP contribution is 2.52. The molecule has 110 valence electrons. The topological polar surface area (TPSA) is 63.2 Å². The van der Waals surface area contributed by atoms with Crippen LogP contribution in [0.4, 0.5) is 5.69 Å². The Kier molecular flexibility index (Phi) is 3.95. The number of nitrogens with one attached hydrogen (secondary N) is 1. The van der Waals surface area contributed by atoms with Gasteiger partial charge in [0.05, 0.1) is 10.6 Å². The molecular weight excluding hydrogens is 366 g/mol. The number of aryl methyl sites for hydroxylation is 1. The summed E-state index contributed by atoms with van der Waals surface area (Å²) >= 11 is 3.26. The summed E-state index contributed by atoms with van der Waals surface area (Å²) < 4.78 is 23.3. The van der Waals surface area contributed by atoms with Gasteiger partial charge in [0.25, 0.3) is 9.05 Å². The molecule has 0 aromatic heterocycles. The summed E-state index contributed by atoms with van der Waals surface area (Å²) in [5.74, 6) is -0.0391. The summed E-state index contributed by atoms with van der Waals surface area (Å²) in [7, 11) is 1.56. The minimum atomic E-state index is -3.79. The minimum Gasteiger partial charge on any atom is -0.325 e. The third kappa shape index (κ3) is 3.18. The van der Waals surface area contributed by atoms with Crippen molar-refractivity contribution < 1.29 is 13.2 Å². The van der Waals surface area contributed by atoms with Crippen molar-refractivity contribution in [2.75, 3.05) is 5.32 Å². The van der Waals surface area contributed by atoms with Crippen LogP contribution >= 0.6 is 26.6 Å². The Morgan fingerprint density at radius 2 is 2.00 bits per heavy atom. The van der Waals surface area contributed by atoms with Gasteiger partial charge in [-0.1, -0.05) is 13.8 Å². The first-order valence-electron chi connectivity index (χ1n) is 6.08. The summed E-state index contributed by atoms with van der Waals surface area (Å²) in [5.41, 5.74) is 1.10. The lowest BCUT2D eigenvalue weighted by Crippen LogP contribution is -2.17. The number of hydrogen-bond acceptors (Lipinski definition) is 3. The fourth-order valence-corrected chi connectivity index (χ4v) is 3.95. The average molecular weight is 381 g/mol. The molecule has 1 N–H and O–H groups in total. The maximum atomic E-state index is 12.1. The molecule has 7 heteroatoms. The van der Waals surface area contributed by atoms with Crippen LogP contribution in [0.1, 0.15) is 25.8 Å². The van der Waals surface area contributed by atoms with Crippen LogP contribution in [0.3, 0.4) is 0 Å². The summed E-state index contributed by atoms with van der Waals surface area (Å²) in [6.07, 6.45) is 0.865. The van der Waals surface area contributed by atoms with Crippen molar-refractivity contribution in [3.8, 4) is 0 Å². The Hall–Kier alpha value is -0.590. The van der Waals surface area contributed by atoms with Gasteiger partial charge in [0, 0.05) is 21.1 Å². The molecule has 1 aliphatic rings. The van der Waals surface area contributed by atoms with Crippen LogP contribution < -0.4 is 5.32 Å². The maximum absolute atomic E-state index is 12.1. The molecule has 1 saturated carbocycles. The molecule has 0 spiro atoms. The van der Waals surface area contributed by atoms with Crippen molar-refractivity contribution in [3.63, 3.8) is 0 Å². The van der Waals surface area contributed by atoms with E-state index in [-0.39, 0.29) is 22.1 Å². The first kappa shape index (κ1) is 15.8. The monoisotopic (exact) mass is 379 g/mol. The molecule has 2 rings (SSSR count). The molecule has 0 aliphatic heterocycles. The summed E-state index contributed by atoms with van der Waals surface area (Å²) in [6.45, 7) is 5.72. The number of carbonyl (C=O) groups is 1. The smallest absolute Gasteiger partial charge is 0.261 e. The summed E-state index contributed by atoms with van der Waals surface area (Å²) in [5, 5.41) is 2.82. The first-order valence-corrected chi connectivity index (χ1v) is 9.18. The van der Waals surface area contributed by atoms with E-state index in [0.29, 0.717) is 15.7 Å². The minimum absolute atomic E-state index is 0.00569. The van der Waals surface area contributed by atoms with Gasteiger partial charge >= 0.3 is 0 Å². The van der Waals surface area contributed by atoms with Crippen LogP contribution in [-0.4, -0.2) is 14.3 Å². The number of carbonyl (C=O) groups excluding carboxylic acids is 1. The molecule has 20 heavy (non-hydrogen) atoms. The normalized spacial score (nSPS) is 20.6. The van der Waals surface area contributed by atoms with Crippen molar-refractivity contribution in [1.29, 1.82) is 0 Å². The molecule has 4 nitrogen and oxygen atoms in total. The molecule has 1 aromatic rings. The van der Waals surface area contributed by atoms with E-state index in [2.05, 4.69) is 21.2 Å². The van der Waals surface area contributed by atoms with Gasteiger partial charge in [-0.05, 0) is 52.4 Å². The van der Waals surface area contributed by atoms with Crippen molar-refractivity contribution in [3.05, 3.63) is 22.2 Å². The molecular formula is C13H15BrClNO3S. The van der Waals surface area contributed by atoms with E-state index in [1.807, 2.05) is 13.8 Å². The van der Waals surface area contributed by atoms with Crippen molar-refractivity contribution in [2.45, 2.75) is 32.1 Å². The fourth-order valence-electron chi connectivity index (χ4n) is 2.16. The Balaban J connectivity index is 2.27. The first-order chi connectivity index (χ1) is 9.02. The zero-order chi connectivity index (χ0) is 15.3. The number of halogens is 2. The molecule has 0 bridgehead atoms. The molecule has 1 fully saturated rings. The predicted octanol–water partition coefficient (Wildman–Crippen LogP) is 3.67. The maximum Gasteiger partial charge on any atom is 0.261 e. The van der Waals surface area contributed by atoms with E-state index >= 15 is 0 Å². The SMILES string of the molecule is Cc1cc(NC(=O)C2CC2(C)C)c(Br)cc1S(=O)(=O)Cl. The van der Waals surface area contributed by atoms with Gasteiger partial charge in [-0.3, -0.25) is 4.79 Å². The molecule has 0 radical (unpaired) electrons. The zero-order valence-corrected chi connectivity index (χ0v) is 14.5. The lowest BCUT2D eigenvalue weighted by Gasteiger charge is -2.11. The fraction of sp³-hybridized carbons (Fsp3) is 0.462. The van der Waals surface area contributed by atoms with E-state index < -0.39 is 9.05 Å². The molecule has 0 heterocycles. The standard InChI is InChI=1S/C13H15BrClNO3S/c1-7-4-10(9(14)5-11(7)20(15,18)19)16-12(17)8-6-13(8,2)3/h4-5,8H,6H2,1-3H3,(H,16,17).